The Morgan fingerprint density at radius 1 is 1.00 bits per heavy atom. The molecule has 0 fully saturated rings. The molecular formula is C24H29N3O6. The van der Waals surface area contributed by atoms with E-state index in [4.69, 9.17) is 4.74 Å². The normalized spacial score (nSPS) is 15.2. The number of rotatable bonds is 9. The Morgan fingerprint density at radius 3 is 2.03 bits per heavy atom. The third kappa shape index (κ3) is 5.68. The van der Waals surface area contributed by atoms with Crippen LogP contribution >= 0.6 is 0 Å². The highest BCUT2D eigenvalue weighted by molar-refractivity contribution is 5.89. The number of carbonyl (C=O) groups excluding carboxylic acids is 2. The first-order chi connectivity index (χ1) is 15.7. The first-order valence-electron chi connectivity index (χ1n) is 10.7. The summed E-state index contributed by atoms with van der Waals surface area (Å²) in [5.41, 5.74) is 4.33. The minimum Gasteiger partial charge on any atom is -0.480 e. The van der Waals surface area contributed by atoms with Crippen LogP contribution in [0.3, 0.4) is 0 Å². The topological polar surface area (TPSA) is 128 Å². The fourth-order valence-electron chi connectivity index (χ4n) is 3.98. The van der Waals surface area contributed by atoms with E-state index >= 15 is 0 Å². The van der Waals surface area contributed by atoms with Gasteiger partial charge in [0, 0.05) is 12.5 Å². The van der Waals surface area contributed by atoms with Crippen LogP contribution in [-0.2, 0) is 14.3 Å². The van der Waals surface area contributed by atoms with E-state index in [1.54, 1.807) is 19.0 Å². The molecule has 1 aliphatic rings. The van der Waals surface area contributed by atoms with Crippen molar-refractivity contribution in [2.24, 2.45) is 0 Å². The number of amides is 2. The number of fused-ring (bicyclic) bond motifs is 3. The Balaban J connectivity index is 1.67. The number of carboxylic acid groups (broad SMARTS) is 1. The minimum absolute atomic E-state index is 0.0849. The van der Waals surface area contributed by atoms with Gasteiger partial charge < -0.3 is 30.5 Å². The predicted octanol–water partition coefficient (Wildman–Crippen LogP) is 1.41. The second-order valence-corrected chi connectivity index (χ2v) is 8.35. The summed E-state index contributed by atoms with van der Waals surface area (Å²) < 4.78 is 5.49. The number of nitrogens with one attached hydrogen (secondary N) is 2. The third-order valence-corrected chi connectivity index (χ3v) is 5.55. The zero-order valence-electron chi connectivity index (χ0n) is 18.8. The molecule has 4 N–H and O–H groups in total. The average molecular weight is 456 g/mol. The van der Waals surface area contributed by atoms with Gasteiger partial charge in [-0.05, 0) is 43.3 Å². The molecule has 0 bridgehead atoms. The van der Waals surface area contributed by atoms with Gasteiger partial charge in [0.1, 0.15) is 12.6 Å². The monoisotopic (exact) mass is 455 g/mol. The van der Waals surface area contributed by atoms with Gasteiger partial charge >= 0.3 is 12.1 Å². The number of aliphatic hydroxyl groups excluding tert-OH is 1. The number of carbonyl (C=O) groups is 3. The van der Waals surface area contributed by atoms with Gasteiger partial charge in [0.25, 0.3) is 0 Å². The van der Waals surface area contributed by atoms with Crippen LogP contribution in [-0.4, -0.2) is 78.5 Å². The molecule has 9 nitrogen and oxygen atoms in total. The summed E-state index contributed by atoms with van der Waals surface area (Å²) >= 11 is 0. The number of ether oxygens (including phenoxy) is 1. The molecule has 0 radical (unpaired) electrons. The van der Waals surface area contributed by atoms with Gasteiger partial charge in [0.15, 0.2) is 6.04 Å². The minimum atomic E-state index is -1.49. The molecule has 0 heterocycles. The highest BCUT2D eigenvalue weighted by Crippen LogP contribution is 2.44. The number of nitrogens with zero attached hydrogens (tertiary/aromatic N) is 1. The number of hydrogen-bond donors (Lipinski definition) is 4. The Hall–Kier alpha value is -3.43. The fourth-order valence-corrected chi connectivity index (χ4v) is 3.98. The highest BCUT2D eigenvalue weighted by Gasteiger charge is 2.32. The second-order valence-electron chi connectivity index (χ2n) is 8.35. The zero-order valence-corrected chi connectivity index (χ0v) is 18.8. The number of aliphatic hydroxyl groups is 1. The average Bonchev–Trinajstić information content (AvgIpc) is 3.08. The van der Waals surface area contributed by atoms with Crippen molar-refractivity contribution in [1.29, 1.82) is 0 Å². The maximum Gasteiger partial charge on any atom is 0.407 e. The molecule has 3 atom stereocenters. The quantitative estimate of drug-likeness (QED) is 0.450. The van der Waals surface area contributed by atoms with Gasteiger partial charge in [-0.15, -0.1) is 0 Å². The molecule has 2 aromatic rings. The van der Waals surface area contributed by atoms with Gasteiger partial charge in [-0.2, -0.15) is 0 Å². The standard InChI is InChI=1S/C24H29N3O6/c1-14(28)21(23(30)31)26-22(29)20(12-27(2)3)25-24(32)33-13-19-17-10-6-4-8-15(17)16-9-5-7-11-18(16)19/h4-11,14,19-21,28H,12-13H2,1-3H3,(H,25,32)(H,26,29)(H,30,31)/t14-,20?,21+/m1/s1. The molecule has 176 valence electrons. The van der Waals surface area contributed by atoms with Crippen molar-refractivity contribution in [2.75, 3.05) is 27.2 Å². The van der Waals surface area contributed by atoms with Gasteiger partial charge in [0.05, 0.1) is 6.10 Å². The second kappa shape index (κ2) is 10.5. The SMILES string of the molecule is C[C@@H](O)[C@H](NC(=O)C(CN(C)C)NC(=O)OCC1c2ccccc2-c2ccccc21)C(=O)O. The van der Waals surface area contributed by atoms with Gasteiger partial charge in [-0.1, -0.05) is 48.5 Å². The predicted molar refractivity (Wildman–Crippen MR) is 122 cm³/mol. The van der Waals surface area contributed by atoms with Crippen molar-refractivity contribution < 1.29 is 29.3 Å². The van der Waals surface area contributed by atoms with Crippen LogP contribution in [0.15, 0.2) is 48.5 Å². The highest BCUT2D eigenvalue weighted by atomic mass is 16.5. The van der Waals surface area contributed by atoms with Crippen molar-refractivity contribution >= 4 is 18.0 Å². The van der Waals surface area contributed by atoms with Crippen LogP contribution in [0.1, 0.15) is 24.0 Å². The Labute approximate surface area is 192 Å². The number of alkyl carbamates (subject to hydrolysis) is 1. The Kier molecular flexibility index (Phi) is 7.67. The Bertz CT molecular complexity index is 977. The first-order valence-corrected chi connectivity index (χ1v) is 10.7. The van der Waals surface area contributed by atoms with Crippen molar-refractivity contribution in [3.05, 3.63) is 59.7 Å². The van der Waals surface area contributed by atoms with E-state index in [2.05, 4.69) is 10.6 Å². The third-order valence-electron chi connectivity index (χ3n) is 5.55. The lowest BCUT2D eigenvalue weighted by Crippen LogP contribution is -2.57. The maximum atomic E-state index is 12.6. The molecule has 1 aliphatic carbocycles. The van der Waals surface area contributed by atoms with E-state index in [-0.39, 0.29) is 19.1 Å². The van der Waals surface area contributed by atoms with E-state index in [0.717, 1.165) is 22.3 Å². The first kappa shape index (κ1) is 24.2. The van der Waals surface area contributed by atoms with Crippen LogP contribution in [0.2, 0.25) is 0 Å². The molecule has 2 amide bonds. The number of carboxylic acids is 1. The maximum absolute atomic E-state index is 12.6. The van der Waals surface area contributed by atoms with E-state index in [1.807, 2.05) is 48.5 Å². The molecule has 0 aliphatic heterocycles. The lowest BCUT2D eigenvalue weighted by molar-refractivity contribution is -0.145. The fraction of sp³-hybridized carbons (Fsp3) is 0.375. The number of benzene rings is 2. The van der Waals surface area contributed by atoms with Crippen LogP contribution in [0, 0.1) is 0 Å². The van der Waals surface area contributed by atoms with Gasteiger partial charge in [-0.25, -0.2) is 9.59 Å². The summed E-state index contributed by atoms with van der Waals surface area (Å²) in [6.45, 7) is 1.46. The van der Waals surface area contributed by atoms with Crippen LogP contribution < -0.4 is 10.6 Å². The molecular weight excluding hydrogens is 426 g/mol. The molecule has 0 spiro atoms. The van der Waals surface area contributed by atoms with Crippen LogP contribution in [0.25, 0.3) is 11.1 Å². The van der Waals surface area contributed by atoms with Gasteiger partial charge in [-0.3, -0.25) is 4.79 Å². The molecule has 9 heteroatoms. The van der Waals surface area contributed by atoms with E-state index in [1.165, 1.54) is 6.92 Å². The summed E-state index contributed by atoms with van der Waals surface area (Å²) in [5, 5.41) is 23.6. The zero-order chi connectivity index (χ0) is 24.1. The molecule has 2 aromatic carbocycles. The largest absolute Gasteiger partial charge is 0.480 e. The summed E-state index contributed by atoms with van der Waals surface area (Å²) in [7, 11) is 3.42. The molecule has 33 heavy (non-hydrogen) atoms. The van der Waals surface area contributed by atoms with Crippen molar-refractivity contribution in [3.8, 4) is 11.1 Å². The number of hydrogen-bond acceptors (Lipinski definition) is 6. The van der Waals surface area contributed by atoms with Crippen molar-refractivity contribution in [2.45, 2.75) is 31.0 Å². The van der Waals surface area contributed by atoms with E-state index < -0.39 is 36.2 Å². The van der Waals surface area contributed by atoms with Crippen LogP contribution in [0.4, 0.5) is 4.79 Å². The lowest BCUT2D eigenvalue weighted by Gasteiger charge is -2.25. The summed E-state index contributed by atoms with van der Waals surface area (Å²) in [6.07, 6.45) is -2.09. The molecule has 3 rings (SSSR count). The summed E-state index contributed by atoms with van der Waals surface area (Å²) in [5.74, 6) is -2.23. The number of likely N-dealkylation sites (N-methyl/N-ethyl adjacent to an activating group) is 1. The molecule has 1 unspecified atom stereocenters. The van der Waals surface area contributed by atoms with Crippen molar-refractivity contribution in [3.63, 3.8) is 0 Å². The molecule has 0 saturated heterocycles. The molecule has 0 aromatic heterocycles. The van der Waals surface area contributed by atoms with Gasteiger partial charge in [0.2, 0.25) is 5.91 Å². The summed E-state index contributed by atoms with van der Waals surface area (Å²) in [6, 6.07) is 13.3. The lowest BCUT2D eigenvalue weighted by atomic mass is 9.98. The van der Waals surface area contributed by atoms with Crippen LogP contribution in [0.5, 0.6) is 0 Å². The van der Waals surface area contributed by atoms with E-state index in [0.29, 0.717) is 0 Å². The number of aliphatic carboxylic acids is 1. The Morgan fingerprint density at radius 2 is 1.55 bits per heavy atom. The smallest absolute Gasteiger partial charge is 0.407 e. The molecule has 0 saturated carbocycles. The summed E-state index contributed by atoms with van der Waals surface area (Å²) in [4.78, 5) is 38.2. The van der Waals surface area contributed by atoms with Crippen molar-refractivity contribution in [1.82, 2.24) is 15.5 Å². The van der Waals surface area contributed by atoms with E-state index in [9.17, 15) is 24.6 Å².